The maximum absolute atomic E-state index is 11.8. The van der Waals surface area contributed by atoms with Gasteiger partial charge in [0, 0.05) is 5.57 Å². The zero-order chi connectivity index (χ0) is 12.3. The highest BCUT2D eigenvalue weighted by molar-refractivity contribution is 5.88. The van der Waals surface area contributed by atoms with Crippen LogP contribution in [0.1, 0.15) is 53.4 Å². The third-order valence-electron chi connectivity index (χ3n) is 3.17. The lowest BCUT2D eigenvalue weighted by molar-refractivity contribution is -0.150. The lowest BCUT2D eigenvalue weighted by atomic mass is 9.79. The van der Waals surface area contributed by atoms with Gasteiger partial charge in [0.25, 0.3) is 0 Å². The van der Waals surface area contributed by atoms with Crippen LogP contribution in [0.5, 0.6) is 0 Å². The third-order valence-corrected chi connectivity index (χ3v) is 3.17. The molecule has 0 amide bonds. The Kier molecular flexibility index (Phi) is 4.17. The molecule has 1 rings (SSSR count). The molecule has 1 aliphatic rings. The SMILES string of the molecule is C=C(C(=O)OC(C)(C)C)C1CCC(C)CC1. The highest BCUT2D eigenvalue weighted by atomic mass is 16.6. The van der Waals surface area contributed by atoms with Crippen LogP contribution in [0, 0.1) is 11.8 Å². The smallest absolute Gasteiger partial charge is 0.334 e. The fourth-order valence-electron chi connectivity index (χ4n) is 2.12. The second-order valence-electron chi connectivity index (χ2n) is 5.98. The molecule has 0 N–H and O–H groups in total. The molecule has 0 atom stereocenters. The molecule has 0 bridgehead atoms. The molecule has 1 aliphatic carbocycles. The molecule has 0 aromatic carbocycles. The summed E-state index contributed by atoms with van der Waals surface area (Å²) in [5.41, 5.74) is 0.254. The van der Waals surface area contributed by atoms with E-state index in [9.17, 15) is 4.79 Å². The highest BCUT2D eigenvalue weighted by Crippen LogP contribution is 2.33. The molecule has 0 aromatic heterocycles. The molecule has 2 nitrogen and oxygen atoms in total. The van der Waals surface area contributed by atoms with Gasteiger partial charge in [-0.15, -0.1) is 0 Å². The fraction of sp³-hybridized carbons (Fsp3) is 0.786. The Morgan fingerprint density at radius 3 is 2.12 bits per heavy atom. The van der Waals surface area contributed by atoms with Crippen molar-refractivity contribution in [3.05, 3.63) is 12.2 Å². The van der Waals surface area contributed by atoms with E-state index in [2.05, 4.69) is 13.5 Å². The Morgan fingerprint density at radius 1 is 1.19 bits per heavy atom. The number of ether oxygens (including phenoxy) is 1. The number of rotatable bonds is 2. The normalized spacial score (nSPS) is 26.2. The van der Waals surface area contributed by atoms with E-state index in [0.29, 0.717) is 11.5 Å². The van der Waals surface area contributed by atoms with Gasteiger partial charge < -0.3 is 4.74 Å². The first kappa shape index (κ1) is 13.3. The minimum Gasteiger partial charge on any atom is -0.457 e. The van der Waals surface area contributed by atoms with Gasteiger partial charge in [-0.05, 0) is 45.4 Å². The Morgan fingerprint density at radius 2 is 1.69 bits per heavy atom. The molecule has 1 saturated carbocycles. The van der Waals surface area contributed by atoms with Crippen molar-refractivity contribution in [3.63, 3.8) is 0 Å². The molecule has 0 heterocycles. The van der Waals surface area contributed by atoms with E-state index < -0.39 is 5.60 Å². The summed E-state index contributed by atoms with van der Waals surface area (Å²) in [6.45, 7) is 11.9. The summed E-state index contributed by atoms with van der Waals surface area (Å²) in [6.07, 6.45) is 4.57. The maximum Gasteiger partial charge on any atom is 0.334 e. The van der Waals surface area contributed by atoms with Crippen molar-refractivity contribution in [2.75, 3.05) is 0 Å². The lowest BCUT2D eigenvalue weighted by Gasteiger charge is -2.28. The first-order valence-electron chi connectivity index (χ1n) is 6.21. The first-order chi connectivity index (χ1) is 7.29. The second kappa shape index (κ2) is 5.03. The number of carbonyl (C=O) groups excluding carboxylic acids is 1. The molecular weight excluding hydrogens is 200 g/mol. The van der Waals surface area contributed by atoms with Crippen LogP contribution in [0.25, 0.3) is 0 Å². The zero-order valence-electron chi connectivity index (χ0n) is 11.0. The number of carbonyl (C=O) groups is 1. The van der Waals surface area contributed by atoms with Gasteiger partial charge in [-0.2, -0.15) is 0 Å². The Labute approximate surface area is 99.1 Å². The molecule has 0 spiro atoms. The minimum absolute atomic E-state index is 0.216. The highest BCUT2D eigenvalue weighted by Gasteiger charge is 2.27. The lowest BCUT2D eigenvalue weighted by Crippen LogP contribution is -2.27. The van der Waals surface area contributed by atoms with E-state index in [1.807, 2.05) is 20.8 Å². The molecule has 0 aromatic rings. The molecule has 0 aliphatic heterocycles. The summed E-state index contributed by atoms with van der Waals surface area (Å²) >= 11 is 0. The molecule has 0 saturated heterocycles. The molecular formula is C14H24O2. The van der Waals surface area contributed by atoms with E-state index in [1.165, 1.54) is 12.8 Å². The van der Waals surface area contributed by atoms with Gasteiger partial charge in [-0.25, -0.2) is 4.79 Å². The van der Waals surface area contributed by atoms with Crippen LogP contribution in [0.3, 0.4) is 0 Å². The summed E-state index contributed by atoms with van der Waals surface area (Å²) in [5.74, 6) is 0.917. The van der Waals surface area contributed by atoms with Crippen molar-refractivity contribution in [2.24, 2.45) is 11.8 Å². The molecule has 1 fully saturated rings. The van der Waals surface area contributed by atoms with Crippen LogP contribution in [-0.2, 0) is 9.53 Å². The number of hydrogen-bond acceptors (Lipinski definition) is 2. The minimum atomic E-state index is -0.415. The van der Waals surface area contributed by atoms with Crippen LogP contribution in [-0.4, -0.2) is 11.6 Å². The van der Waals surface area contributed by atoms with Gasteiger partial charge in [-0.3, -0.25) is 0 Å². The summed E-state index contributed by atoms with van der Waals surface area (Å²) in [4.78, 5) is 11.8. The van der Waals surface area contributed by atoms with E-state index in [1.54, 1.807) is 0 Å². The van der Waals surface area contributed by atoms with Gasteiger partial charge in [-0.1, -0.05) is 26.3 Å². The van der Waals surface area contributed by atoms with Crippen molar-refractivity contribution in [1.82, 2.24) is 0 Å². The van der Waals surface area contributed by atoms with Gasteiger partial charge in [0.15, 0.2) is 0 Å². The largest absolute Gasteiger partial charge is 0.457 e. The molecule has 16 heavy (non-hydrogen) atoms. The fourth-order valence-corrected chi connectivity index (χ4v) is 2.12. The van der Waals surface area contributed by atoms with Crippen LogP contribution >= 0.6 is 0 Å². The maximum atomic E-state index is 11.8. The van der Waals surface area contributed by atoms with E-state index in [-0.39, 0.29) is 5.97 Å². The Bertz CT molecular complexity index is 265. The monoisotopic (exact) mass is 224 g/mol. The van der Waals surface area contributed by atoms with Crippen molar-refractivity contribution in [2.45, 2.75) is 59.0 Å². The number of hydrogen-bond donors (Lipinski definition) is 0. The average molecular weight is 224 g/mol. The van der Waals surface area contributed by atoms with Crippen LogP contribution in [0.2, 0.25) is 0 Å². The first-order valence-corrected chi connectivity index (χ1v) is 6.21. The average Bonchev–Trinajstić information content (AvgIpc) is 2.15. The van der Waals surface area contributed by atoms with Crippen LogP contribution in [0.15, 0.2) is 12.2 Å². The second-order valence-corrected chi connectivity index (χ2v) is 5.98. The van der Waals surface area contributed by atoms with Gasteiger partial charge >= 0.3 is 5.97 Å². The van der Waals surface area contributed by atoms with Crippen LogP contribution < -0.4 is 0 Å². The van der Waals surface area contributed by atoms with E-state index in [4.69, 9.17) is 4.74 Å². The van der Waals surface area contributed by atoms with Crippen molar-refractivity contribution < 1.29 is 9.53 Å². The predicted molar refractivity (Wildman–Crippen MR) is 66.1 cm³/mol. The molecule has 92 valence electrons. The van der Waals surface area contributed by atoms with E-state index >= 15 is 0 Å². The number of esters is 1. The van der Waals surface area contributed by atoms with Gasteiger partial charge in [0.2, 0.25) is 0 Å². The predicted octanol–water partition coefficient (Wildman–Crippen LogP) is 3.71. The molecule has 0 radical (unpaired) electrons. The standard InChI is InChI=1S/C14H24O2/c1-10-6-8-12(9-7-10)11(2)13(15)16-14(3,4)5/h10,12H,2,6-9H2,1,3-5H3. The molecule has 2 heteroatoms. The molecule has 0 unspecified atom stereocenters. The van der Waals surface area contributed by atoms with Crippen molar-refractivity contribution in [3.8, 4) is 0 Å². The Balaban J connectivity index is 2.48. The topological polar surface area (TPSA) is 26.3 Å². The zero-order valence-corrected chi connectivity index (χ0v) is 11.0. The van der Waals surface area contributed by atoms with Crippen molar-refractivity contribution >= 4 is 5.97 Å². The summed E-state index contributed by atoms with van der Waals surface area (Å²) in [7, 11) is 0. The Hall–Kier alpha value is -0.790. The third kappa shape index (κ3) is 3.99. The summed E-state index contributed by atoms with van der Waals surface area (Å²) in [6, 6.07) is 0. The summed E-state index contributed by atoms with van der Waals surface area (Å²) in [5, 5.41) is 0. The van der Waals surface area contributed by atoms with Gasteiger partial charge in [0.05, 0.1) is 0 Å². The van der Waals surface area contributed by atoms with E-state index in [0.717, 1.165) is 18.8 Å². The van der Waals surface area contributed by atoms with Crippen LogP contribution in [0.4, 0.5) is 0 Å². The summed E-state index contributed by atoms with van der Waals surface area (Å²) < 4.78 is 5.34. The van der Waals surface area contributed by atoms with Gasteiger partial charge in [0.1, 0.15) is 5.60 Å². The quantitative estimate of drug-likeness (QED) is 0.528. The van der Waals surface area contributed by atoms with Crippen molar-refractivity contribution in [1.29, 1.82) is 0 Å².